The monoisotopic (exact) mass is 383 g/mol. The molecule has 0 aromatic heterocycles. The summed E-state index contributed by atoms with van der Waals surface area (Å²) in [4.78, 5) is 36.1. The molecule has 0 spiro atoms. The number of nitrogens with zero attached hydrogens (tertiary/aromatic N) is 1. The summed E-state index contributed by atoms with van der Waals surface area (Å²) in [7, 11) is 1.45. The summed E-state index contributed by atoms with van der Waals surface area (Å²) in [5, 5.41) is 14.0. The van der Waals surface area contributed by atoms with Gasteiger partial charge in [0.1, 0.15) is 0 Å². The van der Waals surface area contributed by atoms with Crippen molar-refractivity contribution in [3.05, 3.63) is 59.7 Å². The van der Waals surface area contributed by atoms with Gasteiger partial charge in [0.15, 0.2) is 6.61 Å². The lowest BCUT2D eigenvalue weighted by molar-refractivity contribution is -0.123. The summed E-state index contributed by atoms with van der Waals surface area (Å²) in [5.74, 6) is -1.25. The molecule has 0 aliphatic rings. The predicted octanol–water partition coefficient (Wildman–Crippen LogP) is 2.19. The molecule has 7 nitrogen and oxygen atoms in total. The average molecular weight is 383 g/mol. The van der Waals surface area contributed by atoms with Gasteiger partial charge in [0.05, 0.1) is 22.9 Å². The van der Waals surface area contributed by atoms with Crippen LogP contribution in [0.3, 0.4) is 0 Å². The van der Waals surface area contributed by atoms with E-state index in [4.69, 9.17) is 10.00 Å². The molecule has 2 aromatic rings. The van der Waals surface area contributed by atoms with Crippen molar-refractivity contribution >= 4 is 35.2 Å². The van der Waals surface area contributed by atoms with E-state index in [1.807, 2.05) is 6.07 Å². The van der Waals surface area contributed by atoms with Crippen LogP contribution in [-0.4, -0.2) is 37.2 Å². The number of likely N-dealkylation sites (N-methyl/N-ethyl adjacent to an activating group) is 1. The van der Waals surface area contributed by atoms with Crippen molar-refractivity contribution in [1.29, 1.82) is 5.26 Å². The summed E-state index contributed by atoms with van der Waals surface area (Å²) in [5.41, 5.74) is 1.26. The van der Waals surface area contributed by atoms with E-state index in [0.717, 1.165) is 0 Å². The van der Waals surface area contributed by atoms with Crippen molar-refractivity contribution in [2.45, 2.75) is 4.90 Å². The Morgan fingerprint density at radius 3 is 2.63 bits per heavy atom. The Morgan fingerprint density at radius 1 is 1.11 bits per heavy atom. The van der Waals surface area contributed by atoms with E-state index in [1.54, 1.807) is 48.5 Å². The smallest absolute Gasteiger partial charge is 0.339 e. The molecule has 0 saturated carbocycles. The second-order valence-electron chi connectivity index (χ2n) is 5.27. The van der Waals surface area contributed by atoms with E-state index in [-0.39, 0.29) is 23.8 Å². The predicted molar refractivity (Wildman–Crippen MR) is 101 cm³/mol. The summed E-state index contributed by atoms with van der Waals surface area (Å²) in [6.07, 6.45) is 0. The van der Waals surface area contributed by atoms with Crippen LogP contribution in [0.2, 0.25) is 0 Å². The highest BCUT2D eigenvalue weighted by atomic mass is 32.2. The Bertz CT molecular complexity index is 893. The van der Waals surface area contributed by atoms with E-state index in [2.05, 4.69) is 10.6 Å². The minimum Gasteiger partial charge on any atom is -0.452 e. The molecule has 0 fully saturated rings. The number of hydrogen-bond donors (Lipinski definition) is 2. The minimum atomic E-state index is -0.635. The molecule has 0 aliphatic carbocycles. The molecule has 27 heavy (non-hydrogen) atoms. The fraction of sp³-hybridized carbons (Fsp3) is 0.158. The van der Waals surface area contributed by atoms with Crippen LogP contribution in [0.1, 0.15) is 15.9 Å². The van der Waals surface area contributed by atoms with Crippen molar-refractivity contribution in [1.82, 2.24) is 5.32 Å². The molecule has 0 heterocycles. The molecule has 0 unspecified atom stereocenters. The van der Waals surface area contributed by atoms with Gasteiger partial charge in [-0.05, 0) is 30.3 Å². The third-order valence-electron chi connectivity index (χ3n) is 3.35. The third kappa shape index (κ3) is 6.17. The zero-order valence-electron chi connectivity index (χ0n) is 14.5. The van der Waals surface area contributed by atoms with Gasteiger partial charge >= 0.3 is 5.97 Å². The summed E-state index contributed by atoms with van der Waals surface area (Å²) < 4.78 is 4.95. The molecule has 2 aromatic carbocycles. The van der Waals surface area contributed by atoms with Gasteiger partial charge in [-0.1, -0.05) is 18.2 Å². The van der Waals surface area contributed by atoms with Crippen molar-refractivity contribution in [2.75, 3.05) is 24.7 Å². The molecule has 0 atom stereocenters. The Morgan fingerprint density at radius 2 is 1.89 bits per heavy atom. The first-order valence-electron chi connectivity index (χ1n) is 7.93. The van der Waals surface area contributed by atoms with E-state index >= 15 is 0 Å². The second kappa shape index (κ2) is 9.99. The van der Waals surface area contributed by atoms with Crippen LogP contribution in [0.5, 0.6) is 0 Å². The number of ether oxygens (including phenoxy) is 1. The van der Waals surface area contributed by atoms with Crippen LogP contribution in [0.25, 0.3) is 0 Å². The van der Waals surface area contributed by atoms with Crippen LogP contribution in [0.15, 0.2) is 53.4 Å². The largest absolute Gasteiger partial charge is 0.452 e. The Balaban J connectivity index is 1.97. The average Bonchev–Trinajstić information content (AvgIpc) is 2.70. The van der Waals surface area contributed by atoms with Crippen molar-refractivity contribution in [3.8, 4) is 6.07 Å². The van der Waals surface area contributed by atoms with Crippen LogP contribution < -0.4 is 10.6 Å². The molecule has 0 bridgehead atoms. The lowest BCUT2D eigenvalue weighted by atomic mass is 10.2. The number of nitriles is 1. The van der Waals surface area contributed by atoms with Crippen molar-refractivity contribution < 1.29 is 19.1 Å². The Hall–Kier alpha value is -3.31. The third-order valence-corrected chi connectivity index (χ3v) is 4.43. The zero-order valence-corrected chi connectivity index (χ0v) is 15.3. The first kappa shape index (κ1) is 20.0. The van der Waals surface area contributed by atoms with Gasteiger partial charge in [-0.2, -0.15) is 5.26 Å². The molecule has 8 heteroatoms. The van der Waals surface area contributed by atoms with Crippen LogP contribution in [0.4, 0.5) is 5.69 Å². The lowest BCUT2D eigenvalue weighted by Crippen LogP contribution is -2.25. The van der Waals surface area contributed by atoms with Crippen LogP contribution >= 0.6 is 11.8 Å². The fourth-order valence-electron chi connectivity index (χ4n) is 2.05. The standard InChI is InChI=1S/C19H17N3O4S/c1-21-17(23)11-26-19(25)15-7-2-3-8-16(15)27-12-18(24)22-14-6-4-5-13(9-14)10-20/h2-9H,11-12H2,1H3,(H,21,23)(H,22,24). The number of carbonyl (C=O) groups is 3. The number of nitrogens with one attached hydrogen (secondary N) is 2. The first-order valence-corrected chi connectivity index (χ1v) is 8.91. The quantitative estimate of drug-likeness (QED) is 0.560. The molecule has 138 valence electrons. The van der Waals surface area contributed by atoms with Gasteiger partial charge in [-0.15, -0.1) is 11.8 Å². The second-order valence-corrected chi connectivity index (χ2v) is 6.29. The fourth-order valence-corrected chi connectivity index (χ4v) is 2.89. The number of esters is 1. The summed E-state index contributed by atoms with van der Waals surface area (Å²) in [6, 6.07) is 15.3. The molecule has 2 N–H and O–H groups in total. The van der Waals surface area contributed by atoms with Gasteiger partial charge in [0.2, 0.25) is 5.91 Å². The number of carbonyl (C=O) groups excluding carboxylic acids is 3. The lowest BCUT2D eigenvalue weighted by Gasteiger charge is -2.09. The molecule has 0 radical (unpaired) electrons. The molecule has 0 aliphatic heterocycles. The number of thioether (sulfide) groups is 1. The van der Waals surface area contributed by atoms with Crippen LogP contribution in [0, 0.1) is 11.3 Å². The van der Waals surface area contributed by atoms with E-state index in [0.29, 0.717) is 16.1 Å². The summed E-state index contributed by atoms with van der Waals surface area (Å²) in [6.45, 7) is -0.371. The van der Waals surface area contributed by atoms with Crippen molar-refractivity contribution in [2.24, 2.45) is 0 Å². The maximum absolute atomic E-state index is 12.1. The topological polar surface area (TPSA) is 108 Å². The number of hydrogen-bond acceptors (Lipinski definition) is 6. The van der Waals surface area contributed by atoms with Crippen molar-refractivity contribution in [3.63, 3.8) is 0 Å². The Kier molecular flexibility index (Phi) is 7.40. The van der Waals surface area contributed by atoms with Gasteiger partial charge in [0.25, 0.3) is 5.91 Å². The maximum Gasteiger partial charge on any atom is 0.339 e. The zero-order chi connectivity index (χ0) is 19.6. The van der Waals surface area contributed by atoms with Gasteiger partial charge in [0, 0.05) is 17.6 Å². The van der Waals surface area contributed by atoms with E-state index in [9.17, 15) is 14.4 Å². The van der Waals surface area contributed by atoms with E-state index in [1.165, 1.54) is 18.8 Å². The highest BCUT2D eigenvalue weighted by Gasteiger charge is 2.15. The number of rotatable bonds is 7. The highest BCUT2D eigenvalue weighted by Crippen LogP contribution is 2.23. The molecule has 2 amide bonds. The molecule has 2 rings (SSSR count). The Labute approximate surface area is 160 Å². The number of benzene rings is 2. The van der Waals surface area contributed by atoms with E-state index < -0.39 is 11.9 Å². The molecular weight excluding hydrogens is 366 g/mol. The number of anilines is 1. The molecular formula is C19H17N3O4S. The number of amides is 2. The van der Waals surface area contributed by atoms with Gasteiger partial charge in [-0.3, -0.25) is 9.59 Å². The summed E-state index contributed by atoms with van der Waals surface area (Å²) >= 11 is 1.17. The highest BCUT2D eigenvalue weighted by molar-refractivity contribution is 8.00. The molecule has 0 saturated heterocycles. The minimum absolute atomic E-state index is 0.0660. The first-order chi connectivity index (χ1) is 13.0. The van der Waals surface area contributed by atoms with Crippen LogP contribution in [-0.2, 0) is 14.3 Å². The maximum atomic E-state index is 12.1. The van der Waals surface area contributed by atoms with Gasteiger partial charge in [-0.25, -0.2) is 4.79 Å². The normalized spacial score (nSPS) is 9.78. The SMILES string of the molecule is CNC(=O)COC(=O)c1ccccc1SCC(=O)Nc1cccc(C#N)c1. The van der Waals surface area contributed by atoms with Gasteiger partial charge < -0.3 is 15.4 Å².